The molecule has 4 aliphatic rings. The molecule has 4 fully saturated rings. The van der Waals surface area contributed by atoms with Crippen LogP contribution in [0.15, 0.2) is 30.3 Å². The number of primary amides is 1. The standard InChI is InChI=1S/C23H30N2O4/c1-14(2)18(19(26)25-21(24)28)29-20(27)23-11-15-8-16(12-23)10-22(9-15,13-23)17-6-4-3-5-7-17/h3-7,14-16,18H,8-13H2,1-2H3,(H3,24,25,26,28)/t15-,16+,18-,22?,23?/m0/s1. The first kappa shape index (κ1) is 19.9. The highest BCUT2D eigenvalue weighted by atomic mass is 16.6. The predicted octanol–water partition coefficient (Wildman–Crippen LogP) is 3.29. The zero-order valence-electron chi connectivity index (χ0n) is 17.1. The van der Waals surface area contributed by atoms with Crippen LogP contribution >= 0.6 is 0 Å². The van der Waals surface area contributed by atoms with Gasteiger partial charge >= 0.3 is 12.0 Å². The quantitative estimate of drug-likeness (QED) is 0.744. The Kier molecular flexibility index (Phi) is 4.91. The fraction of sp³-hybridized carbons (Fsp3) is 0.609. The maximum atomic E-state index is 13.5. The van der Waals surface area contributed by atoms with Gasteiger partial charge in [0.2, 0.25) is 0 Å². The van der Waals surface area contributed by atoms with Crippen molar-refractivity contribution in [2.24, 2.45) is 28.9 Å². The summed E-state index contributed by atoms with van der Waals surface area (Å²) >= 11 is 0. The van der Waals surface area contributed by atoms with Crippen molar-refractivity contribution in [3.8, 4) is 0 Å². The Bertz CT molecular complexity index is 805. The molecule has 3 amide bonds. The molecule has 0 aliphatic heterocycles. The van der Waals surface area contributed by atoms with Gasteiger partial charge in [0.05, 0.1) is 5.41 Å². The molecule has 0 saturated heterocycles. The maximum absolute atomic E-state index is 13.5. The third kappa shape index (κ3) is 3.53. The van der Waals surface area contributed by atoms with Gasteiger partial charge in [-0.15, -0.1) is 0 Å². The van der Waals surface area contributed by atoms with E-state index in [1.54, 1.807) is 13.8 Å². The molecule has 4 saturated carbocycles. The monoisotopic (exact) mass is 398 g/mol. The summed E-state index contributed by atoms with van der Waals surface area (Å²) in [6.07, 6.45) is 4.85. The van der Waals surface area contributed by atoms with Crippen molar-refractivity contribution < 1.29 is 19.1 Å². The highest BCUT2D eigenvalue weighted by Gasteiger charge is 2.62. The fourth-order valence-corrected chi connectivity index (χ4v) is 6.56. The Hall–Kier alpha value is -2.37. The van der Waals surface area contributed by atoms with Gasteiger partial charge < -0.3 is 10.5 Å². The van der Waals surface area contributed by atoms with E-state index in [1.165, 1.54) is 12.0 Å². The summed E-state index contributed by atoms with van der Waals surface area (Å²) in [5.74, 6) is -0.161. The van der Waals surface area contributed by atoms with Crippen LogP contribution in [0, 0.1) is 23.2 Å². The lowest BCUT2D eigenvalue weighted by Crippen LogP contribution is -2.58. The average molecular weight is 399 g/mol. The van der Waals surface area contributed by atoms with Crippen molar-refractivity contribution in [2.75, 3.05) is 0 Å². The van der Waals surface area contributed by atoms with Gasteiger partial charge in [-0.2, -0.15) is 0 Å². The number of urea groups is 1. The number of benzene rings is 1. The van der Waals surface area contributed by atoms with Gasteiger partial charge in [0.15, 0.2) is 6.10 Å². The first-order valence-corrected chi connectivity index (χ1v) is 10.6. The molecule has 5 rings (SSSR count). The minimum absolute atomic E-state index is 0.0210. The van der Waals surface area contributed by atoms with Crippen molar-refractivity contribution in [1.82, 2.24) is 5.32 Å². The zero-order valence-corrected chi connectivity index (χ0v) is 17.1. The second-order valence-electron chi connectivity index (χ2n) is 9.81. The maximum Gasteiger partial charge on any atom is 0.318 e. The molecule has 6 heteroatoms. The summed E-state index contributed by atoms with van der Waals surface area (Å²) in [6.45, 7) is 3.59. The molecule has 0 heterocycles. The van der Waals surface area contributed by atoms with E-state index < -0.39 is 23.5 Å². The number of hydrogen-bond acceptors (Lipinski definition) is 4. The van der Waals surface area contributed by atoms with Crippen molar-refractivity contribution in [2.45, 2.75) is 63.9 Å². The van der Waals surface area contributed by atoms with Gasteiger partial charge in [-0.25, -0.2) is 4.79 Å². The Morgan fingerprint density at radius 1 is 1.07 bits per heavy atom. The predicted molar refractivity (Wildman–Crippen MR) is 108 cm³/mol. The van der Waals surface area contributed by atoms with E-state index in [9.17, 15) is 14.4 Å². The molecule has 0 spiro atoms. The summed E-state index contributed by atoms with van der Waals surface area (Å²) in [5.41, 5.74) is 5.88. The largest absolute Gasteiger partial charge is 0.452 e. The fourth-order valence-electron chi connectivity index (χ4n) is 6.56. The number of hydrogen-bond donors (Lipinski definition) is 2. The average Bonchev–Trinajstić information content (AvgIpc) is 2.64. The Labute approximate surface area is 171 Å². The Balaban J connectivity index is 1.60. The lowest BCUT2D eigenvalue weighted by molar-refractivity contribution is -0.183. The molecule has 1 aromatic carbocycles. The van der Waals surface area contributed by atoms with Gasteiger partial charge in [-0.3, -0.25) is 14.9 Å². The number of carbonyl (C=O) groups excluding carboxylic acids is 3. The molecule has 29 heavy (non-hydrogen) atoms. The molecule has 0 radical (unpaired) electrons. The highest BCUT2D eigenvalue weighted by Crippen LogP contribution is 2.66. The first-order chi connectivity index (χ1) is 13.7. The van der Waals surface area contributed by atoms with Crippen LogP contribution in [-0.4, -0.2) is 24.0 Å². The van der Waals surface area contributed by atoms with Gasteiger partial charge in [0.25, 0.3) is 5.91 Å². The number of rotatable bonds is 5. The van der Waals surface area contributed by atoms with E-state index in [0.717, 1.165) is 32.1 Å². The smallest absolute Gasteiger partial charge is 0.318 e. The van der Waals surface area contributed by atoms with Crippen molar-refractivity contribution in [3.05, 3.63) is 35.9 Å². The second kappa shape index (κ2) is 7.15. The number of nitrogens with two attached hydrogens (primary N) is 1. The number of nitrogens with one attached hydrogen (secondary N) is 1. The number of carbonyl (C=O) groups is 3. The topological polar surface area (TPSA) is 98.5 Å². The molecular weight excluding hydrogens is 368 g/mol. The van der Waals surface area contributed by atoms with Crippen LogP contribution in [0.4, 0.5) is 4.79 Å². The normalized spacial score (nSPS) is 33.3. The summed E-state index contributed by atoms with van der Waals surface area (Å²) in [7, 11) is 0. The van der Waals surface area contributed by atoms with Gasteiger partial charge in [-0.1, -0.05) is 44.2 Å². The van der Waals surface area contributed by atoms with Crippen LogP contribution in [0.1, 0.15) is 57.9 Å². The summed E-state index contributed by atoms with van der Waals surface area (Å²) in [4.78, 5) is 36.9. The molecule has 5 atom stereocenters. The molecule has 0 aromatic heterocycles. The van der Waals surface area contributed by atoms with E-state index in [0.29, 0.717) is 11.8 Å². The summed E-state index contributed by atoms with van der Waals surface area (Å²) in [6, 6.07) is 9.60. The van der Waals surface area contributed by atoms with Crippen LogP contribution in [0.5, 0.6) is 0 Å². The van der Waals surface area contributed by atoms with Gasteiger partial charge in [0, 0.05) is 0 Å². The Morgan fingerprint density at radius 3 is 2.24 bits per heavy atom. The zero-order chi connectivity index (χ0) is 20.8. The van der Waals surface area contributed by atoms with Crippen molar-refractivity contribution in [1.29, 1.82) is 0 Å². The molecule has 6 nitrogen and oxygen atoms in total. The number of amides is 3. The number of ether oxygens (including phenoxy) is 1. The molecule has 156 valence electrons. The SMILES string of the molecule is CC(C)[C@H](OC(=O)C12C[C@H]3C[C@@H](C1)CC(c1ccccc1)(C3)C2)C(=O)NC(N)=O. The lowest BCUT2D eigenvalue weighted by atomic mass is 9.43. The summed E-state index contributed by atoms with van der Waals surface area (Å²) in [5, 5.41) is 2.06. The summed E-state index contributed by atoms with van der Waals surface area (Å²) < 4.78 is 5.78. The van der Waals surface area contributed by atoms with E-state index in [2.05, 4.69) is 29.6 Å². The van der Waals surface area contributed by atoms with Crippen molar-refractivity contribution >= 4 is 17.9 Å². The van der Waals surface area contributed by atoms with E-state index in [4.69, 9.17) is 10.5 Å². The van der Waals surface area contributed by atoms with Gasteiger partial charge in [0.1, 0.15) is 0 Å². The second-order valence-corrected chi connectivity index (χ2v) is 9.81. The molecule has 1 aromatic rings. The van der Waals surface area contributed by atoms with Crippen molar-refractivity contribution in [3.63, 3.8) is 0 Å². The highest BCUT2D eigenvalue weighted by molar-refractivity contribution is 5.97. The number of imide groups is 1. The number of esters is 1. The third-order valence-electron chi connectivity index (χ3n) is 7.22. The van der Waals surface area contributed by atoms with Crippen LogP contribution in [-0.2, 0) is 19.7 Å². The molecule has 2 unspecified atom stereocenters. The first-order valence-electron chi connectivity index (χ1n) is 10.6. The molecule has 3 N–H and O–H groups in total. The van der Waals surface area contributed by atoms with Crippen LogP contribution < -0.4 is 11.1 Å². The molecular formula is C23H30N2O4. The van der Waals surface area contributed by atoms with Crippen LogP contribution in [0.3, 0.4) is 0 Å². The minimum Gasteiger partial charge on any atom is -0.452 e. The third-order valence-corrected chi connectivity index (χ3v) is 7.22. The van der Waals surface area contributed by atoms with E-state index >= 15 is 0 Å². The molecule has 4 bridgehead atoms. The Morgan fingerprint density at radius 2 is 1.69 bits per heavy atom. The van der Waals surface area contributed by atoms with Crippen LogP contribution in [0.25, 0.3) is 0 Å². The minimum atomic E-state index is -1.02. The molecule has 4 aliphatic carbocycles. The lowest BCUT2D eigenvalue weighted by Gasteiger charge is -2.61. The van der Waals surface area contributed by atoms with E-state index in [1.807, 2.05) is 6.07 Å². The van der Waals surface area contributed by atoms with E-state index in [-0.39, 0.29) is 17.3 Å². The van der Waals surface area contributed by atoms with Gasteiger partial charge in [-0.05, 0) is 67.3 Å². The van der Waals surface area contributed by atoms with Crippen LogP contribution in [0.2, 0.25) is 0 Å².